The monoisotopic (exact) mass is 281 g/mol. The number of anilines is 3. The molecular weight excluding hydrogens is 262 g/mol. The van der Waals surface area contributed by atoms with Crippen LogP contribution in [0.15, 0.2) is 66.9 Å². The zero-order valence-corrected chi connectivity index (χ0v) is 12.0. The number of benzene rings is 2. The first kappa shape index (κ1) is 14.7. The molecule has 4 nitrogen and oxygen atoms in total. The molecule has 2 rings (SSSR count). The Hall–Kier alpha value is -2.75. The summed E-state index contributed by atoms with van der Waals surface area (Å²) < 4.78 is 0. The number of carbonyl (C=O) groups excluding carboxylic acids is 1. The summed E-state index contributed by atoms with van der Waals surface area (Å²) in [6, 6.07) is 17.2. The van der Waals surface area contributed by atoms with Crippen LogP contribution < -0.4 is 16.0 Å². The van der Waals surface area contributed by atoms with Crippen molar-refractivity contribution in [3.8, 4) is 0 Å². The second-order valence-electron chi connectivity index (χ2n) is 4.48. The lowest BCUT2D eigenvalue weighted by Crippen LogP contribution is -2.23. The number of rotatable bonds is 5. The van der Waals surface area contributed by atoms with Crippen LogP contribution in [0.3, 0.4) is 0 Å². The minimum Gasteiger partial charge on any atom is -0.356 e. The van der Waals surface area contributed by atoms with E-state index in [1.54, 1.807) is 6.20 Å². The van der Waals surface area contributed by atoms with Crippen molar-refractivity contribution in [1.29, 1.82) is 0 Å². The number of carbonyl (C=O) groups is 1. The lowest BCUT2D eigenvalue weighted by Gasteiger charge is -2.08. The van der Waals surface area contributed by atoms with Gasteiger partial charge in [-0.05, 0) is 42.8 Å². The third kappa shape index (κ3) is 5.03. The van der Waals surface area contributed by atoms with Crippen molar-refractivity contribution < 1.29 is 4.79 Å². The van der Waals surface area contributed by atoms with Crippen molar-refractivity contribution in [2.45, 2.75) is 13.3 Å². The Kier molecular flexibility index (Phi) is 5.41. The fraction of sp³-hybridized carbons (Fsp3) is 0.118. The van der Waals surface area contributed by atoms with Crippen LogP contribution >= 0.6 is 0 Å². The van der Waals surface area contributed by atoms with Crippen molar-refractivity contribution in [2.75, 3.05) is 10.6 Å². The molecule has 0 saturated heterocycles. The smallest absolute Gasteiger partial charge is 0.323 e. The van der Waals surface area contributed by atoms with E-state index in [-0.39, 0.29) is 6.03 Å². The van der Waals surface area contributed by atoms with Gasteiger partial charge in [-0.3, -0.25) is 0 Å². The zero-order valence-electron chi connectivity index (χ0n) is 12.0. The van der Waals surface area contributed by atoms with Gasteiger partial charge in [-0.1, -0.05) is 31.2 Å². The van der Waals surface area contributed by atoms with Gasteiger partial charge >= 0.3 is 6.03 Å². The summed E-state index contributed by atoms with van der Waals surface area (Å²) >= 11 is 0. The van der Waals surface area contributed by atoms with E-state index in [1.807, 2.05) is 67.6 Å². The summed E-state index contributed by atoms with van der Waals surface area (Å²) in [6.45, 7) is 2.01. The molecule has 0 aliphatic heterocycles. The highest BCUT2D eigenvalue weighted by atomic mass is 16.2. The van der Waals surface area contributed by atoms with Crippen LogP contribution in [-0.2, 0) is 0 Å². The van der Waals surface area contributed by atoms with Crippen molar-refractivity contribution >= 4 is 23.1 Å². The molecule has 0 spiro atoms. The Morgan fingerprint density at radius 3 is 2.24 bits per heavy atom. The summed E-state index contributed by atoms with van der Waals surface area (Å²) in [4.78, 5) is 11.6. The average molecular weight is 281 g/mol. The van der Waals surface area contributed by atoms with Gasteiger partial charge in [0.15, 0.2) is 0 Å². The lowest BCUT2D eigenvalue weighted by atomic mass is 10.2. The van der Waals surface area contributed by atoms with E-state index >= 15 is 0 Å². The Bertz CT molecular complexity index is 591. The zero-order chi connectivity index (χ0) is 14.9. The number of hydrogen-bond donors (Lipinski definition) is 3. The van der Waals surface area contributed by atoms with Crippen LogP contribution in [0.4, 0.5) is 21.9 Å². The topological polar surface area (TPSA) is 53.2 Å². The number of para-hydroxylation sites is 1. The largest absolute Gasteiger partial charge is 0.356 e. The molecule has 3 N–H and O–H groups in total. The van der Waals surface area contributed by atoms with Gasteiger partial charge < -0.3 is 16.0 Å². The van der Waals surface area contributed by atoms with Crippen molar-refractivity contribution in [1.82, 2.24) is 5.32 Å². The molecule has 2 aromatic carbocycles. The molecule has 0 aromatic heterocycles. The van der Waals surface area contributed by atoms with Gasteiger partial charge in [0.2, 0.25) is 0 Å². The van der Waals surface area contributed by atoms with Gasteiger partial charge in [0, 0.05) is 23.3 Å². The third-order valence-electron chi connectivity index (χ3n) is 2.77. The van der Waals surface area contributed by atoms with Crippen LogP contribution in [-0.4, -0.2) is 6.03 Å². The minimum absolute atomic E-state index is 0.247. The minimum atomic E-state index is -0.247. The molecule has 0 atom stereocenters. The second kappa shape index (κ2) is 7.75. The normalized spacial score (nSPS) is 10.3. The number of amides is 2. The fourth-order valence-electron chi connectivity index (χ4n) is 1.74. The fourth-order valence-corrected chi connectivity index (χ4v) is 1.74. The molecule has 0 fully saturated rings. The molecule has 21 heavy (non-hydrogen) atoms. The van der Waals surface area contributed by atoms with Crippen LogP contribution in [0.1, 0.15) is 13.3 Å². The predicted octanol–water partition coefficient (Wildman–Crippen LogP) is 4.48. The number of allylic oxidation sites excluding steroid dienone is 1. The van der Waals surface area contributed by atoms with Gasteiger partial charge in [-0.2, -0.15) is 0 Å². The number of hydrogen-bond acceptors (Lipinski definition) is 2. The number of urea groups is 1. The highest BCUT2D eigenvalue weighted by molar-refractivity contribution is 5.90. The maximum Gasteiger partial charge on any atom is 0.323 e. The molecular formula is C17H19N3O. The molecule has 0 bridgehead atoms. The van der Waals surface area contributed by atoms with Gasteiger partial charge in [-0.25, -0.2) is 4.79 Å². The molecule has 4 heteroatoms. The van der Waals surface area contributed by atoms with E-state index in [2.05, 4.69) is 16.0 Å². The highest BCUT2D eigenvalue weighted by Crippen LogP contribution is 2.18. The summed E-state index contributed by atoms with van der Waals surface area (Å²) in [5.41, 5.74) is 2.75. The first-order chi connectivity index (χ1) is 10.3. The summed E-state index contributed by atoms with van der Waals surface area (Å²) in [7, 11) is 0. The Balaban J connectivity index is 1.90. The molecule has 0 unspecified atom stereocenters. The van der Waals surface area contributed by atoms with Crippen LogP contribution in [0.5, 0.6) is 0 Å². The van der Waals surface area contributed by atoms with Crippen LogP contribution in [0, 0.1) is 0 Å². The molecule has 0 aliphatic carbocycles. The SMILES string of the molecule is CC/C=C/NC(=O)Nc1ccc(Nc2ccccc2)cc1. The maximum absolute atomic E-state index is 11.6. The summed E-state index contributed by atoms with van der Waals surface area (Å²) in [6.07, 6.45) is 4.41. The molecule has 2 aromatic rings. The third-order valence-corrected chi connectivity index (χ3v) is 2.77. The highest BCUT2D eigenvalue weighted by Gasteiger charge is 1.99. The lowest BCUT2D eigenvalue weighted by molar-refractivity contribution is 0.255. The number of nitrogens with one attached hydrogen (secondary N) is 3. The Morgan fingerprint density at radius 1 is 0.952 bits per heavy atom. The molecule has 108 valence electrons. The van der Waals surface area contributed by atoms with E-state index in [0.717, 1.165) is 23.5 Å². The van der Waals surface area contributed by atoms with Crippen LogP contribution in [0.25, 0.3) is 0 Å². The van der Waals surface area contributed by atoms with Crippen molar-refractivity contribution in [3.05, 3.63) is 66.9 Å². The molecule has 0 radical (unpaired) electrons. The van der Waals surface area contributed by atoms with E-state index in [4.69, 9.17) is 0 Å². The first-order valence-corrected chi connectivity index (χ1v) is 6.92. The average Bonchev–Trinajstić information content (AvgIpc) is 2.51. The van der Waals surface area contributed by atoms with E-state index in [0.29, 0.717) is 0 Å². The standard InChI is InChI=1S/C17H19N3O/c1-2-3-13-18-17(21)20-16-11-9-15(10-12-16)19-14-7-5-4-6-8-14/h3-13,19H,2H2,1H3,(H2,18,20,21)/b13-3+. The van der Waals surface area contributed by atoms with E-state index in [9.17, 15) is 4.79 Å². The molecule has 0 saturated carbocycles. The van der Waals surface area contributed by atoms with Crippen LogP contribution in [0.2, 0.25) is 0 Å². The van der Waals surface area contributed by atoms with Gasteiger partial charge in [0.1, 0.15) is 0 Å². The Labute approximate surface area is 124 Å². The van der Waals surface area contributed by atoms with E-state index in [1.165, 1.54) is 0 Å². The van der Waals surface area contributed by atoms with Crippen molar-refractivity contribution in [2.24, 2.45) is 0 Å². The van der Waals surface area contributed by atoms with Gasteiger partial charge in [0.25, 0.3) is 0 Å². The summed E-state index contributed by atoms with van der Waals surface area (Å²) in [5.74, 6) is 0. The van der Waals surface area contributed by atoms with Crippen molar-refractivity contribution in [3.63, 3.8) is 0 Å². The first-order valence-electron chi connectivity index (χ1n) is 6.92. The molecule has 2 amide bonds. The second-order valence-corrected chi connectivity index (χ2v) is 4.48. The molecule has 0 heterocycles. The predicted molar refractivity (Wildman–Crippen MR) is 87.8 cm³/mol. The van der Waals surface area contributed by atoms with Gasteiger partial charge in [0.05, 0.1) is 0 Å². The van der Waals surface area contributed by atoms with E-state index < -0.39 is 0 Å². The van der Waals surface area contributed by atoms with Gasteiger partial charge in [-0.15, -0.1) is 0 Å². The molecule has 0 aliphatic rings. The Morgan fingerprint density at radius 2 is 1.57 bits per heavy atom. The quantitative estimate of drug-likeness (QED) is 0.757. The maximum atomic E-state index is 11.6. The summed E-state index contributed by atoms with van der Waals surface area (Å²) in [5, 5.41) is 8.69.